The lowest BCUT2D eigenvalue weighted by molar-refractivity contribution is -0.152. The summed E-state index contributed by atoms with van der Waals surface area (Å²) in [6.45, 7) is 8.74. The molecule has 0 spiro atoms. The molecule has 7 heteroatoms. The van der Waals surface area contributed by atoms with Crippen molar-refractivity contribution in [1.82, 2.24) is 10.6 Å². The lowest BCUT2D eigenvalue weighted by Gasteiger charge is -2.20. The molecule has 1 saturated carbocycles. The highest BCUT2D eigenvalue weighted by atomic mass is 127. The average Bonchev–Trinajstić information content (AvgIpc) is 3.29. The van der Waals surface area contributed by atoms with Crippen LogP contribution in [0.2, 0.25) is 0 Å². The standard InChI is InChI=1S/C19H28FN3O2.HI/c1-5-21-17(22-12-16(24)25-18(2,3)4)23-13-19(9-10-19)14-7-6-8-15(20)11-14;/h6-8,11H,5,9-10,12-13H2,1-4H3,(H2,21,22,23);1H. The summed E-state index contributed by atoms with van der Waals surface area (Å²) in [4.78, 5) is 16.1. The summed E-state index contributed by atoms with van der Waals surface area (Å²) >= 11 is 0. The number of esters is 1. The molecular formula is C19H29FIN3O2. The van der Waals surface area contributed by atoms with Gasteiger partial charge in [-0.3, -0.25) is 4.79 Å². The van der Waals surface area contributed by atoms with Gasteiger partial charge in [0.2, 0.25) is 0 Å². The van der Waals surface area contributed by atoms with E-state index < -0.39 is 5.60 Å². The Labute approximate surface area is 172 Å². The highest BCUT2D eigenvalue weighted by Crippen LogP contribution is 2.47. The van der Waals surface area contributed by atoms with Gasteiger partial charge in [-0.2, -0.15) is 0 Å². The van der Waals surface area contributed by atoms with E-state index in [0.717, 1.165) is 18.4 Å². The first-order valence-electron chi connectivity index (χ1n) is 8.74. The van der Waals surface area contributed by atoms with E-state index in [0.29, 0.717) is 19.0 Å². The first-order chi connectivity index (χ1) is 11.7. The number of guanidine groups is 1. The molecule has 1 aromatic carbocycles. The number of nitrogens with zero attached hydrogens (tertiary/aromatic N) is 1. The molecule has 1 fully saturated rings. The summed E-state index contributed by atoms with van der Waals surface area (Å²) in [5.41, 5.74) is 0.431. The molecule has 0 atom stereocenters. The van der Waals surface area contributed by atoms with E-state index >= 15 is 0 Å². The van der Waals surface area contributed by atoms with Crippen molar-refractivity contribution in [3.8, 4) is 0 Å². The number of rotatable bonds is 6. The number of carbonyl (C=O) groups is 1. The van der Waals surface area contributed by atoms with Crippen molar-refractivity contribution in [2.24, 2.45) is 4.99 Å². The van der Waals surface area contributed by atoms with Gasteiger partial charge in [-0.05, 0) is 58.2 Å². The maximum atomic E-state index is 13.5. The van der Waals surface area contributed by atoms with Gasteiger partial charge in [-0.25, -0.2) is 9.38 Å². The van der Waals surface area contributed by atoms with E-state index in [9.17, 15) is 9.18 Å². The fraction of sp³-hybridized carbons (Fsp3) is 0.579. The van der Waals surface area contributed by atoms with Crippen LogP contribution in [0.25, 0.3) is 0 Å². The first kappa shape index (κ1) is 22.7. The van der Waals surface area contributed by atoms with Crippen molar-refractivity contribution in [3.63, 3.8) is 0 Å². The zero-order valence-corrected chi connectivity index (χ0v) is 18.2. The predicted octanol–water partition coefficient (Wildman–Crippen LogP) is 3.37. The average molecular weight is 477 g/mol. The molecule has 146 valence electrons. The summed E-state index contributed by atoms with van der Waals surface area (Å²) in [7, 11) is 0. The molecule has 0 amide bonds. The Hall–Kier alpha value is -1.38. The molecule has 1 aliphatic carbocycles. The highest BCUT2D eigenvalue weighted by Gasteiger charge is 2.44. The SMILES string of the molecule is CCNC(=NCC(=O)OC(C)(C)C)NCC1(c2cccc(F)c2)CC1.I. The van der Waals surface area contributed by atoms with E-state index in [4.69, 9.17) is 4.74 Å². The van der Waals surface area contributed by atoms with Crippen LogP contribution in [0.15, 0.2) is 29.3 Å². The van der Waals surface area contributed by atoms with Crippen molar-refractivity contribution in [1.29, 1.82) is 0 Å². The van der Waals surface area contributed by atoms with Crippen LogP contribution in [0.1, 0.15) is 46.1 Å². The number of hydrogen-bond donors (Lipinski definition) is 2. The van der Waals surface area contributed by atoms with Gasteiger partial charge in [-0.1, -0.05) is 12.1 Å². The quantitative estimate of drug-likeness (QED) is 0.286. The minimum atomic E-state index is -0.520. The summed E-state index contributed by atoms with van der Waals surface area (Å²) < 4.78 is 18.7. The minimum absolute atomic E-state index is 0. The third kappa shape index (κ3) is 7.09. The van der Waals surface area contributed by atoms with Crippen LogP contribution in [-0.2, 0) is 14.9 Å². The van der Waals surface area contributed by atoms with Crippen molar-refractivity contribution in [2.75, 3.05) is 19.6 Å². The molecule has 2 N–H and O–H groups in total. The van der Waals surface area contributed by atoms with E-state index in [-0.39, 0.29) is 47.7 Å². The molecule has 0 unspecified atom stereocenters. The third-order valence-corrected chi connectivity index (χ3v) is 4.02. The molecule has 1 aliphatic rings. The maximum absolute atomic E-state index is 13.5. The topological polar surface area (TPSA) is 62.7 Å². The first-order valence-corrected chi connectivity index (χ1v) is 8.74. The van der Waals surface area contributed by atoms with Gasteiger partial charge in [0.05, 0.1) is 0 Å². The van der Waals surface area contributed by atoms with Gasteiger partial charge >= 0.3 is 5.97 Å². The second-order valence-electron chi connectivity index (χ2n) is 7.43. The lowest BCUT2D eigenvalue weighted by atomic mass is 9.96. The van der Waals surface area contributed by atoms with Crippen molar-refractivity contribution in [3.05, 3.63) is 35.6 Å². The zero-order chi connectivity index (χ0) is 18.5. The van der Waals surface area contributed by atoms with Gasteiger partial charge in [0.25, 0.3) is 0 Å². The normalized spacial score (nSPS) is 15.7. The molecule has 0 bridgehead atoms. The molecule has 2 rings (SSSR count). The molecule has 1 aromatic rings. The fourth-order valence-electron chi connectivity index (χ4n) is 2.65. The van der Waals surface area contributed by atoms with Gasteiger partial charge in [0, 0.05) is 18.5 Å². The predicted molar refractivity (Wildman–Crippen MR) is 113 cm³/mol. The maximum Gasteiger partial charge on any atom is 0.328 e. The molecular weight excluding hydrogens is 448 g/mol. The third-order valence-electron chi connectivity index (χ3n) is 4.02. The molecule has 5 nitrogen and oxygen atoms in total. The van der Waals surface area contributed by atoms with Crippen LogP contribution in [0.3, 0.4) is 0 Å². The van der Waals surface area contributed by atoms with Crippen molar-refractivity contribution < 1.29 is 13.9 Å². The molecule has 0 radical (unpaired) electrons. The number of carbonyl (C=O) groups excluding carboxylic acids is 1. The van der Waals surface area contributed by atoms with Gasteiger partial charge < -0.3 is 15.4 Å². The molecule has 26 heavy (non-hydrogen) atoms. The van der Waals surface area contributed by atoms with Crippen LogP contribution in [0.4, 0.5) is 4.39 Å². The van der Waals surface area contributed by atoms with E-state index in [1.807, 2.05) is 33.8 Å². The zero-order valence-electron chi connectivity index (χ0n) is 15.9. The fourth-order valence-corrected chi connectivity index (χ4v) is 2.65. The molecule has 0 aliphatic heterocycles. The Morgan fingerprint density at radius 3 is 2.54 bits per heavy atom. The second kappa shape index (κ2) is 9.53. The largest absolute Gasteiger partial charge is 0.459 e. The van der Waals surface area contributed by atoms with Crippen LogP contribution < -0.4 is 10.6 Å². The monoisotopic (exact) mass is 477 g/mol. The molecule has 0 aromatic heterocycles. The summed E-state index contributed by atoms with van der Waals surface area (Å²) in [5.74, 6) is -0.0127. The minimum Gasteiger partial charge on any atom is -0.459 e. The number of halogens is 2. The van der Waals surface area contributed by atoms with Crippen LogP contribution in [0, 0.1) is 5.82 Å². The number of benzene rings is 1. The Morgan fingerprint density at radius 2 is 2.00 bits per heavy atom. The summed E-state index contributed by atoms with van der Waals surface area (Å²) in [6, 6.07) is 6.76. The number of nitrogens with one attached hydrogen (secondary N) is 2. The summed E-state index contributed by atoms with van der Waals surface area (Å²) in [6.07, 6.45) is 2.02. The Kier molecular flexibility index (Phi) is 8.30. The Bertz CT molecular complexity index is 640. The van der Waals surface area contributed by atoms with Gasteiger partial charge in [-0.15, -0.1) is 24.0 Å². The van der Waals surface area contributed by atoms with E-state index in [1.54, 1.807) is 12.1 Å². The van der Waals surface area contributed by atoms with Crippen molar-refractivity contribution >= 4 is 35.9 Å². The number of ether oxygens (including phenoxy) is 1. The number of hydrogen-bond acceptors (Lipinski definition) is 3. The van der Waals surface area contributed by atoms with E-state index in [2.05, 4.69) is 15.6 Å². The van der Waals surface area contributed by atoms with Crippen molar-refractivity contribution in [2.45, 2.75) is 51.6 Å². The van der Waals surface area contributed by atoms with Crippen LogP contribution >= 0.6 is 24.0 Å². The number of aliphatic imine (C=N–C) groups is 1. The summed E-state index contributed by atoms with van der Waals surface area (Å²) in [5, 5.41) is 6.39. The highest BCUT2D eigenvalue weighted by molar-refractivity contribution is 14.0. The van der Waals surface area contributed by atoms with Crippen LogP contribution in [0.5, 0.6) is 0 Å². The lowest BCUT2D eigenvalue weighted by Crippen LogP contribution is -2.41. The Morgan fingerprint density at radius 1 is 1.31 bits per heavy atom. The molecule has 0 saturated heterocycles. The van der Waals surface area contributed by atoms with Gasteiger partial charge in [0.1, 0.15) is 18.0 Å². The van der Waals surface area contributed by atoms with Gasteiger partial charge in [0.15, 0.2) is 5.96 Å². The smallest absolute Gasteiger partial charge is 0.328 e. The van der Waals surface area contributed by atoms with Crippen LogP contribution in [-0.4, -0.2) is 37.2 Å². The van der Waals surface area contributed by atoms with E-state index in [1.165, 1.54) is 6.07 Å². The Balaban J connectivity index is 0.00000338. The second-order valence-corrected chi connectivity index (χ2v) is 7.43. The molecule has 0 heterocycles.